The standard InChI is InChI=1S/C24H26F3NO5/c1-23(2,3)33-22(30)28-13-17(14-28)15-31-20-10-16(9-18(12-20)24(25,26)27)11-21(29)32-19-7-5-4-6-8-19/h4-10,12,17H,11,13-15H2,1-3H3. The molecule has 178 valence electrons. The van der Waals surface area contributed by atoms with E-state index in [4.69, 9.17) is 14.2 Å². The van der Waals surface area contributed by atoms with Crippen LogP contribution >= 0.6 is 0 Å². The van der Waals surface area contributed by atoms with Crippen molar-refractivity contribution in [2.75, 3.05) is 19.7 Å². The third-order valence-electron chi connectivity index (χ3n) is 4.71. The molecule has 0 atom stereocenters. The number of rotatable bonds is 6. The van der Waals surface area contributed by atoms with Crippen molar-refractivity contribution in [3.8, 4) is 11.5 Å². The molecule has 0 bridgehead atoms. The van der Waals surface area contributed by atoms with Crippen LogP contribution in [-0.4, -0.2) is 42.3 Å². The fourth-order valence-corrected chi connectivity index (χ4v) is 3.20. The Labute approximate surface area is 190 Å². The van der Waals surface area contributed by atoms with Gasteiger partial charge in [0.05, 0.1) is 18.6 Å². The average Bonchev–Trinajstić information content (AvgIpc) is 2.65. The highest BCUT2D eigenvalue weighted by Gasteiger charge is 2.35. The zero-order valence-corrected chi connectivity index (χ0v) is 18.6. The van der Waals surface area contributed by atoms with Crippen LogP contribution in [0.25, 0.3) is 0 Å². The summed E-state index contributed by atoms with van der Waals surface area (Å²) < 4.78 is 56.1. The zero-order chi connectivity index (χ0) is 24.2. The number of carbonyl (C=O) groups is 2. The van der Waals surface area contributed by atoms with E-state index in [-0.39, 0.29) is 30.3 Å². The summed E-state index contributed by atoms with van der Waals surface area (Å²) >= 11 is 0. The summed E-state index contributed by atoms with van der Waals surface area (Å²) in [5.41, 5.74) is -1.38. The molecule has 0 saturated carbocycles. The number of alkyl halides is 3. The second-order valence-corrected chi connectivity index (χ2v) is 8.89. The second-order valence-electron chi connectivity index (χ2n) is 8.89. The van der Waals surface area contributed by atoms with E-state index in [9.17, 15) is 22.8 Å². The molecule has 0 spiro atoms. The van der Waals surface area contributed by atoms with Crippen LogP contribution in [-0.2, 0) is 22.1 Å². The molecule has 1 saturated heterocycles. The number of benzene rings is 2. The van der Waals surface area contributed by atoms with E-state index >= 15 is 0 Å². The topological polar surface area (TPSA) is 65.1 Å². The average molecular weight is 465 g/mol. The van der Waals surface area contributed by atoms with Crippen LogP contribution in [0.3, 0.4) is 0 Å². The van der Waals surface area contributed by atoms with Gasteiger partial charge in [-0.05, 0) is 56.7 Å². The van der Waals surface area contributed by atoms with Gasteiger partial charge >= 0.3 is 18.2 Å². The molecule has 1 fully saturated rings. The predicted molar refractivity (Wildman–Crippen MR) is 114 cm³/mol. The SMILES string of the molecule is CC(C)(C)OC(=O)N1CC(COc2cc(CC(=O)Oc3ccccc3)cc(C(F)(F)F)c2)C1. The van der Waals surface area contributed by atoms with Crippen molar-refractivity contribution < 1.29 is 37.0 Å². The Hall–Kier alpha value is -3.23. The van der Waals surface area contributed by atoms with E-state index in [0.29, 0.717) is 18.8 Å². The van der Waals surface area contributed by atoms with Gasteiger partial charge in [-0.15, -0.1) is 0 Å². The number of halogens is 3. The van der Waals surface area contributed by atoms with Gasteiger partial charge < -0.3 is 19.1 Å². The van der Waals surface area contributed by atoms with Gasteiger partial charge in [-0.3, -0.25) is 4.79 Å². The predicted octanol–water partition coefficient (Wildman–Crippen LogP) is 5.10. The number of amides is 1. The Morgan fingerprint density at radius 2 is 1.67 bits per heavy atom. The maximum Gasteiger partial charge on any atom is 0.416 e. The Bertz CT molecular complexity index is 980. The summed E-state index contributed by atoms with van der Waals surface area (Å²) in [6.45, 7) is 6.23. The summed E-state index contributed by atoms with van der Waals surface area (Å²) in [4.78, 5) is 25.7. The Morgan fingerprint density at radius 1 is 1.00 bits per heavy atom. The second kappa shape index (κ2) is 9.72. The number of esters is 1. The number of hydrogen-bond donors (Lipinski definition) is 0. The Kier molecular flexibility index (Phi) is 7.19. The first-order valence-corrected chi connectivity index (χ1v) is 10.5. The largest absolute Gasteiger partial charge is 0.493 e. The van der Waals surface area contributed by atoms with Gasteiger partial charge in [-0.25, -0.2) is 4.79 Å². The van der Waals surface area contributed by atoms with Crippen molar-refractivity contribution in [1.29, 1.82) is 0 Å². The van der Waals surface area contributed by atoms with Gasteiger partial charge in [0.1, 0.15) is 17.1 Å². The molecule has 6 nitrogen and oxygen atoms in total. The lowest BCUT2D eigenvalue weighted by Gasteiger charge is -2.39. The van der Waals surface area contributed by atoms with Crippen molar-refractivity contribution in [3.05, 3.63) is 59.7 Å². The molecule has 0 radical (unpaired) electrons. The summed E-state index contributed by atoms with van der Waals surface area (Å²) in [6.07, 6.45) is -5.37. The van der Waals surface area contributed by atoms with Crippen LogP contribution in [0.1, 0.15) is 31.9 Å². The summed E-state index contributed by atoms with van der Waals surface area (Å²) in [5.74, 6) is -0.398. The highest BCUT2D eigenvalue weighted by molar-refractivity contribution is 5.75. The number of carbonyl (C=O) groups excluding carboxylic acids is 2. The van der Waals surface area contributed by atoms with Crippen LogP contribution in [0.2, 0.25) is 0 Å². The van der Waals surface area contributed by atoms with Gasteiger partial charge in [0.25, 0.3) is 0 Å². The van der Waals surface area contributed by atoms with Crippen LogP contribution in [0.15, 0.2) is 48.5 Å². The van der Waals surface area contributed by atoms with Gasteiger partial charge in [-0.2, -0.15) is 13.2 Å². The first-order chi connectivity index (χ1) is 15.4. The zero-order valence-electron chi connectivity index (χ0n) is 18.6. The van der Waals surface area contributed by atoms with E-state index in [0.717, 1.165) is 12.1 Å². The fourth-order valence-electron chi connectivity index (χ4n) is 3.20. The van der Waals surface area contributed by atoms with Crippen LogP contribution in [0.5, 0.6) is 11.5 Å². The van der Waals surface area contributed by atoms with Crippen LogP contribution in [0.4, 0.5) is 18.0 Å². The molecule has 33 heavy (non-hydrogen) atoms. The maximum absolute atomic E-state index is 13.4. The number of hydrogen-bond acceptors (Lipinski definition) is 5. The van der Waals surface area contributed by atoms with E-state index in [1.807, 2.05) is 0 Å². The third kappa shape index (κ3) is 7.40. The fraction of sp³-hybridized carbons (Fsp3) is 0.417. The van der Waals surface area contributed by atoms with E-state index in [1.54, 1.807) is 51.1 Å². The van der Waals surface area contributed by atoms with Gasteiger partial charge in [0, 0.05) is 19.0 Å². The maximum atomic E-state index is 13.4. The van der Waals surface area contributed by atoms with Crippen molar-refractivity contribution in [2.24, 2.45) is 5.92 Å². The molecule has 0 aromatic heterocycles. The molecule has 3 rings (SSSR count). The van der Waals surface area contributed by atoms with Crippen molar-refractivity contribution in [2.45, 2.75) is 39.0 Å². The number of ether oxygens (including phenoxy) is 3. The Balaban J connectivity index is 1.60. The molecular formula is C24H26F3NO5. The quantitative estimate of drug-likeness (QED) is 0.439. The smallest absolute Gasteiger partial charge is 0.416 e. The van der Waals surface area contributed by atoms with Crippen molar-refractivity contribution in [1.82, 2.24) is 4.90 Å². The van der Waals surface area contributed by atoms with Crippen LogP contribution < -0.4 is 9.47 Å². The molecule has 1 heterocycles. The van der Waals surface area contributed by atoms with E-state index < -0.39 is 29.4 Å². The summed E-state index contributed by atoms with van der Waals surface area (Å²) in [7, 11) is 0. The first-order valence-electron chi connectivity index (χ1n) is 10.5. The molecular weight excluding hydrogens is 439 g/mol. The minimum atomic E-state index is -4.60. The normalized spacial score (nSPS) is 14.4. The molecule has 0 aliphatic carbocycles. The summed E-state index contributed by atoms with van der Waals surface area (Å²) in [6, 6.07) is 11.5. The number of nitrogens with zero attached hydrogens (tertiary/aromatic N) is 1. The van der Waals surface area contributed by atoms with E-state index in [1.165, 1.54) is 11.0 Å². The molecule has 1 aliphatic heterocycles. The summed E-state index contributed by atoms with van der Waals surface area (Å²) in [5, 5.41) is 0. The monoisotopic (exact) mass is 465 g/mol. The molecule has 1 amide bonds. The highest BCUT2D eigenvalue weighted by Crippen LogP contribution is 2.33. The minimum absolute atomic E-state index is 0.00283. The van der Waals surface area contributed by atoms with Crippen LogP contribution in [0, 0.1) is 5.92 Å². The molecule has 0 unspecified atom stereocenters. The van der Waals surface area contributed by atoms with Crippen molar-refractivity contribution in [3.63, 3.8) is 0 Å². The molecule has 2 aromatic carbocycles. The number of para-hydroxylation sites is 1. The molecule has 0 N–H and O–H groups in total. The lowest BCUT2D eigenvalue weighted by Crippen LogP contribution is -2.53. The lowest BCUT2D eigenvalue weighted by molar-refractivity contribution is -0.138. The van der Waals surface area contributed by atoms with Gasteiger partial charge in [0.15, 0.2) is 0 Å². The Morgan fingerprint density at radius 3 is 2.27 bits per heavy atom. The third-order valence-corrected chi connectivity index (χ3v) is 4.71. The highest BCUT2D eigenvalue weighted by atomic mass is 19.4. The lowest BCUT2D eigenvalue weighted by atomic mass is 10.0. The molecule has 9 heteroatoms. The van der Waals surface area contributed by atoms with Crippen molar-refractivity contribution >= 4 is 12.1 Å². The first kappa shape index (κ1) is 24.4. The molecule has 1 aliphatic rings. The minimum Gasteiger partial charge on any atom is -0.493 e. The van der Waals surface area contributed by atoms with Gasteiger partial charge in [-0.1, -0.05) is 18.2 Å². The number of likely N-dealkylation sites (tertiary alicyclic amines) is 1. The van der Waals surface area contributed by atoms with Gasteiger partial charge in [0.2, 0.25) is 0 Å². The molecule has 2 aromatic rings. The van der Waals surface area contributed by atoms with E-state index in [2.05, 4.69) is 0 Å².